The van der Waals surface area contributed by atoms with Crippen molar-refractivity contribution in [3.05, 3.63) is 125 Å². The van der Waals surface area contributed by atoms with Crippen LogP contribution < -0.4 is 10.1 Å². The van der Waals surface area contributed by atoms with Crippen LogP contribution in [0.15, 0.2) is 103 Å². The van der Waals surface area contributed by atoms with Gasteiger partial charge in [-0.3, -0.25) is 4.79 Å². The SMILES string of the molecule is COc1c(-c2cccc(C=CC(=O)O)c2)cc(C(=O)NCCCCCCCCc2ccccc2)cc1-c1cccc(C=CC(=O)O)c1. The van der Waals surface area contributed by atoms with E-state index in [0.29, 0.717) is 40.1 Å². The van der Waals surface area contributed by atoms with Crippen LogP contribution in [0.25, 0.3) is 34.4 Å². The molecule has 0 aromatic heterocycles. The van der Waals surface area contributed by atoms with Gasteiger partial charge < -0.3 is 20.3 Å². The molecule has 1 amide bonds. The fourth-order valence-electron chi connectivity index (χ4n) is 5.47. The van der Waals surface area contributed by atoms with E-state index in [0.717, 1.165) is 49.0 Å². The molecule has 4 aromatic carbocycles. The maximum atomic E-state index is 13.5. The smallest absolute Gasteiger partial charge is 0.328 e. The molecule has 0 aliphatic rings. The molecule has 0 aliphatic carbocycles. The van der Waals surface area contributed by atoms with Crippen molar-refractivity contribution in [2.45, 2.75) is 44.9 Å². The number of carboxylic acids is 2. The Balaban J connectivity index is 1.51. The standard InChI is InChI=1S/C40H41NO6/c1-47-39-35(32-18-11-16-30(25-32)20-22-37(42)43)27-34(28-36(39)33-19-12-17-31(26-33)21-23-38(44)45)40(46)41-24-10-5-3-2-4-7-13-29-14-8-6-9-15-29/h6,8-9,11-12,14-23,25-28H,2-5,7,10,13,24H2,1H3,(H,41,46)(H,42,43)(H,44,45). The highest BCUT2D eigenvalue weighted by molar-refractivity contribution is 5.99. The molecule has 0 spiro atoms. The number of ether oxygens (including phenoxy) is 1. The zero-order chi connectivity index (χ0) is 33.4. The minimum absolute atomic E-state index is 0.207. The van der Waals surface area contributed by atoms with Gasteiger partial charge in [-0.2, -0.15) is 0 Å². The Labute approximate surface area is 276 Å². The number of methoxy groups -OCH3 is 1. The number of carboxylic acid groups (broad SMARTS) is 2. The third-order valence-electron chi connectivity index (χ3n) is 7.81. The molecule has 0 aliphatic heterocycles. The maximum Gasteiger partial charge on any atom is 0.328 e. The summed E-state index contributed by atoms with van der Waals surface area (Å²) in [6, 6.07) is 28.8. The largest absolute Gasteiger partial charge is 0.495 e. The van der Waals surface area contributed by atoms with E-state index in [9.17, 15) is 14.4 Å². The van der Waals surface area contributed by atoms with Crippen molar-refractivity contribution in [3.8, 4) is 28.0 Å². The summed E-state index contributed by atoms with van der Waals surface area (Å²) in [5.41, 5.74) is 6.04. The van der Waals surface area contributed by atoms with E-state index in [2.05, 4.69) is 29.6 Å². The van der Waals surface area contributed by atoms with Crippen LogP contribution in [0.3, 0.4) is 0 Å². The summed E-state index contributed by atoms with van der Waals surface area (Å²) in [5.74, 6) is -1.77. The zero-order valence-electron chi connectivity index (χ0n) is 26.7. The van der Waals surface area contributed by atoms with E-state index in [4.69, 9.17) is 14.9 Å². The van der Waals surface area contributed by atoms with Gasteiger partial charge in [0, 0.05) is 35.4 Å². The molecule has 0 bridgehead atoms. The highest BCUT2D eigenvalue weighted by Crippen LogP contribution is 2.41. The third-order valence-corrected chi connectivity index (χ3v) is 7.81. The number of aryl methyl sites for hydroxylation is 1. The summed E-state index contributed by atoms with van der Waals surface area (Å²) >= 11 is 0. The van der Waals surface area contributed by atoms with Gasteiger partial charge in [0.1, 0.15) is 5.75 Å². The summed E-state index contributed by atoms with van der Waals surface area (Å²) in [5, 5.41) is 21.3. The molecular formula is C40H41NO6. The number of benzene rings is 4. The second kappa shape index (κ2) is 17.9. The topological polar surface area (TPSA) is 113 Å². The second-order valence-corrected chi connectivity index (χ2v) is 11.3. The maximum absolute atomic E-state index is 13.5. The molecule has 7 heteroatoms. The summed E-state index contributed by atoms with van der Waals surface area (Å²) in [6.07, 6.45) is 12.9. The van der Waals surface area contributed by atoms with Gasteiger partial charge in [0.15, 0.2) is 0 Å². The molecule has 0 atom stereocenters. The number of carbonyl (C=O) groups excluding carboxylic acids is 1. The van der Waals surface area contributed by atoms with Crippen molar-refractivity contribution >= 4 is 30.0 Å². The van der Waals surface area contributed by atoms with Crippen molar-refractivity contribution < 1.29 is 29.3 Å². The minimum Gasteiger partial charge on any atom is -0.495 e. The lowest BCUT2D eigenvalue weighted by Gasteiger charge is -2.17. The Morgan fingerprint density at radius 2 is 1.19 bits per heavy atom. The monoisotopic (exact) mass is 631 g/mol. The fourth-order valence-corrected chi connectivity index (χ4v) is 5.47. The average molecular weight is 632 g/mol. The van der Waals surface area contributed by atoms with Gasteiger partial charge in [-0.15, -0.1) is 0 Å². The quantitative estimate of drug-likeness (QED) is 0.0795. The first-order chi connectivity index (χ1) is 22.8. The molecule has 0 unspecified atom stereocenters. The van der Waals surface area contributed by atoms with Gasteiger partial charge in [-0.05, 0) is 83.5 Å². The molecule has 47 heavy (non-hydrogen) atoms. The van der Waals surface area contributed by atoms with Crippen molar-refractivity contribution in [1.82, 2.24) is 5.32 Å². The molecule has 0 radical (unpaired) electrons. The van der Waals surface area contributed by atoms with E-state index in [-0.39, 0.29) is 5.91 Å². The second-order valence-electron chi connectivity index (χ2n) is 11.3. The van der Waals surface area contributed by atoms with Gasteiger partial charge >= 0.3 is 11.9 Å². The average Bonchev–Trinajstić information content (AvgIpc) is 3.09. The highest BCUT2D eigenvalue weighted by Gasteiger charge is 2.19. The molecule has 242 valence electrons. The number of hydrogen-bond donors (Lipinski definition) is 3. The molecule has 4 rings (SSSR count). The van der Waals surface area contributed by atoms with Crippen LogP contribution in [0.1, 0.15) is 65.6 Å². The number of amides is 1. The summed E-state index contributed by atoms with van der Waals surface area (Å²) < 4.78 is 5.92. The summed E-state index contributed by atoms with van der Waals surface area (Å²) in [6.45, 7) is 0.560. The van der Waals surface area contributed by atoms with Crippen LogP contribution in [-0.4, -0.2) is 41.7 Å². The lowest BCUT2D eigenvalue weighted by atomic mass is 9.92. The van der Waals surface area contributed by atoms with Gasteiger partial charge in [0.2, 0.25) is 0 Å². The van der Waals surface area contributed by atoms with Crippen LogP contribution in [-0.2, 0) is 16.0 Å². The number of unbranched alkanes of at least 4 members (excludes halogenated alkanes) is 5. The Morgan fingerprint density at radius 1 is 0.660 bits per heavy atom. The lowest BCUT2D eigenvalue weighted by molar-refractivity contribution is -0.132. The predicted octanol–water partition coefficient (Wildman–Crippen LogP) is 8.54. The Kier molecular flexibility index (Phi) is 13.1. The molecular weight excluding hydrogens is 590 g/mol. The van der Waals surface area contributed by atoms with Gasteiger partial charge in [0.25, 0.3) is 5.91 Å². The summed E-state index contributed by atoms with van der Waals surface area (Å²) in [7, 11) is 1.56. The molecule has 7 nitrogen and oxygen atoms in total. The van der Waals surface area contributed by atoms with E-state index in [1.54, 1.807) is 31.4 Å². The zero-order valence-corrected chi connectivity index (χ0v) is 26.7. The first-order valence-electron chi connectivity index (χ1n) is 15.9. The molecule has 3 N–H and O–H groups in total. The first kappa shape index (κ1) is 34.4. The number of carbonyl (C=O) groups is 3. The van der Waals surface area contributed by atoms with Gasteiger partial charge in [-0.25, -0.2) is 9.59 Å². The molecule has 4 aromatic rings. The number of rotatable bonds is 17. The van der Waals surface area contributed by atoms with Crippen LogP contribution >= 0.6 is 0 Å². The first-order valence-corrected chi connectivity index (χ1v) is 15.9. The Morgan fingerprint density at radius 3 is 1.72 bits per heavy atom. The van der Waals surface area contributed by atoms with Crippen molar-refractivity contribution in [2.24, 2.45) is 0 Å². The molecule has 0 saturated carbocycles. The van der Waals surface area contributed by atoms with Crippen molar-refractivity contribution in [2.75, 3.05) is 13.7 Å². The number of aliphatic carboxylic acids is 2. The molecule has 0 heterocycles. The summed E-state index contributed by atoms with van der Waals surface area (Å²) in [4.78, 5) is 35.7. The van der Waals surface area contributed by atoms with E-state index in [1.807, 2.05) is 42.5 Å². The van der Waals surface area contributed by atoms with Crippen molar-refractivity contribution in [3.63, 3.8) is 0 Å². The fraction of sp³-hybridized carbons (Fsp3) is 0.225. The predicted molar refractivity (Wildman–Crippen MR) is 187 cm³/mol. The third kappa shape index (κ3) is 10.9. The molecule has 0 saturated heterocycles. The lowest BCUT2D eigenvalue weighted by Crippen LogP contribution is -2.24. The van der Waals surface area contributed by atoms with Crippen LogP contribution in [0, 0.1) is 0 Å². The van der Waals surface area contributed by atoms with Crippen molar-refractivity contribution in [1.29, 1.82) is 0 Å². The Bertz CT molecular complexity index is 1640. The van der Waals surface area contributed by atoms with Crippen LogP contribution in [0.2, 0.25) is 0 Å². The highest BCUT2D eigenvalue weighted by atomic mass is 16.5. The minimum atomic E-state index is -1.05. The normalized spacial score (nSPS) is 11.2. The number of nitrogens with one attached hydrogen (secondary N) is 1. The van der Waals surface area contributed by atoms with Crippen LogP contribution in [0.4, 0.5) is 0 Å². The molecule has 0 fully saturated rings. The van der Waals surface area contributed by atoms with E-state index < -0.39 is 11.9 Å². The number of hydrogen-bond acceptors (Lipinski definition) is 4. The van der Waals surface area contributed by atoms with Gasteiger partial charge in [0.05, 0.1) is 7.11 Å². The van der Waals surface area contributed by atoms with Crippen LogP contribution in [0.5, 0.6) is 5.75 Å². The van der Waals surface area contributed by atoms with Gasteiger partial charge in [-0.1, -0.05) is 92.4 Å². The van der Waals surface area contributed by atoms with E-state index in [1.165, 1.54) is 37.0 Å². The van der Waals surface area contributed by atoms with E-state index >= 15 is 0 Å². The Hall–Kier alpha value is -5.43.